The third kappa shape index (κ3) is 2.53. The van der Waals surface area contributed by atoms with Gasteiger partial charge in [0.25, 0.3) is 0 Å². The molecule has 3 N–H and O–H groups in total. The van der Waals surface area contributed by atoms with Crippen LogP contribution in [0.3, 0.4) is 0 Å². The van der Waals surface area contributed by atoms with Gasteiger partial charge in [0.2, 0.25) is 0 Å². The lowest BCUT2D eigenvalue weighted by atomic mass is 9.96. The van der Waals surface area contributed by atoms with Gasteiger partial charge in [0, 0.05) is 21.3 Å². The van der Waals surface area contributed by atoms with E-state index in [1.807, 2.05) is 0 Å². The molecule has 3 rings (SSSR count). The fourth-order valence-corrected chi connectivity index (χ4v) is 2.99. The topological polar surface area (TPSA) is 63.8 Å². The minimum Gasteiger partial charge on any atom is -0.308 e. The number of anilines is 1. The van der Waals surface area contributed by atoms with Gasteiger partial charge in [-0.3, -0.25) is 0 Å². The lowest BCUT2D eigenvalue weighted by Crippen LogP contribution is -2.17. The molecule has 1 aliphatic carbocycles. The molecule has 0 unspecified atom stereocenters. The van der Waals surface area contributed by atoms with E-state index in [-0.39, 0.29) is 5.82 Å². The molecular weight excluding hydrogens is 323 g/mol. The van der Waals surface area contributed by atoms with Crippen molar-refractivity contribution in [1.29, 1.82) is 0 Å². The molecule has 1 aliphatic rings. The third-order valence-electron chi connectivity index (χ3n) is 3.44. The first-order chi connectivity index (χ1) is 9.67. The van der Waals surface area contributed by atoms with E-state index in [9.17, 15) is 4.39 Å². The zero-order chi connectivity index (χ0) is 14.1. The van der Waals surface area contributed by atoms with E-state index in [1.165, 1.54) is 12.1 Å². The first-order valence-corrected chi connectivity index (χ1v) is 7.29. The van der Waals surface area contributed by atoms with Crippen LogP contribution in [0.15, 0.2) is 22.7 Å². The molecule has 0 radical (unpaired) electrons. The summed E-state index contributed by atoms with van der Waals surface area (Å²) in [6.45, 7) is 0. The average molecular weight is 337 g/mol. The number of nitrogen functional groups attached to an aromatic ring is 1. The maximum atomic E-state index is 13.5. The number of halogens is 2. The predicted octanol–water partition coefficient (Wildman–Crippen LogP) is 3.21. The Morgan fingerprint density at radius 1 is 1.15 bits per heavy atom. The average Bonchev–Trinajstić information content (AvgIpc) is 2.45. The number of nitrogens with two attached hydrogens (primary N) is 1. The molecule has 0 amide bonds. The van der Waals surface area contributed by atoms with Gasteiger partial charge in [-0.05, 0) is 43.9 Å². The highest BCUT2D eigenvalue weighted by Crippen LogP contribution is 2.29. The van der Waals surface area contributed by atoms with Crippen LogP contribution in [-0.4, -0.2) is 9.97 Å². The summed E-state index contributed by atoms with van der Waals surface area (Å²) in [6.07, 6.45) is 4.08. The van der Waals surface area contributed by atoms with Crippen LogP contribution in [-0.2, 0) is 12.8 Å². The number of rotatable bonds is 2. The molecule has 1 aromatic heterocycles. The summed E-state index contributed by atoms with van der Waals surface area (Å²) in [5.41, 5.74) is 5.37. The van der Waals surface area contributed by atoms with Gasteiger partial charge in [0.1, 0.15) is 11.6 Å². The lowest BCUT2D eigenvalue weighted by molar-refractivity contribution is 0.627. The third-order valence-corrected chi connectivity index (χ3v) is 3.90. The largest absolute Gasteiger partial charge is 0.308 e. The highest BCUT2D eigenvalue weighted by molar-refractivity contribution is 9.10. The number of fused-ring (bicyclic) bond motifs is 1. The molecule has 104 valence electrons. The zero-order valence-electron chi connectivity index (χ0n) is 10.8. The van der Waals surface area contributed by atoms with Gasteiger partial charge in [-0.25, -0.2) is 20.2 Å². The van der Waals surface area contributed by atoms with Crippen LogP contribution in [0, 0.1) is 5.82 Å². The molecule has 20 heavy (non-hydrogen) atoms. The minimum atomic E-state index is -0.321. The summed E-state index contributed by atoms with van der Waals surface area (Å²) in [5, 5.41) is 0. The molecule has 0 saturated heterocycles. The number of nitrogens with one attached hydrogen (secondary N) is 1. The SMILES string of the molecule is NNc1nc(-c2cc(F)cc(Br)c2)nc2c1CCCC2. The van der Waals surface area contributed by atoms with Crippen LogP contribution in [0.25, 0.3) is 11.4 Å². The Hall–Kier alpha value is -1.53. The van der Waals surface area contributed by atoms with Crippen LogP contribution >= 0.6 is 15.9 Å². The lowest BCUT2D eigenvalue weighted by Gasteiger charge is -2.18. The van der Waals surface area contributed by atoms with Crippen molar-refractivity contribution in [3.05, 3.63) is 39.7 Å². The van der Waals surface area contributed by atoms with Crippen molar-refractivity contribution in [2.45, 2.75) is 25.7 Å². The molecule has 1 aromatic carbocycles. The molecule has 4 nitrogen and oxygen atoms in total. The fourth-order valence-electron chi connectivity index (χ4n) is 2.53. The number of aryl methyl sites for hydroxylation is 1. The monoisotopic (exact) mass is 336 g/mol. The summed E-state index contributed by atoms with van der Waals surface area (Å²) >= 11 is 3.28. The van der Waals surface area contributed by atoms with Gasteiger partial charge in [-0.15, -0.1) is 0 Å². The molecule has 0 bridgehead atoms. The molecule has 0 atom stereocenters. The number of benzene rings is 1. The highest BCUT2D eigenvalue weighted by atomic mass is 79.9. The molecule has 0 spiro atoms. The van der Waals surface area contributed by atoms with Crippen LogP contribution < -0.4 is 11.3 Å². The van der Waals surface area contributed by atoms with E-state index in [4.69, 9.17) is 5.84 Å². The molecular formula is C14H14BrFN4. The number of nitrogens with zero attached hydrogens (tertiary/aromatic N) is 2. The van der Waals surface area contributed by atoms with E-state index in [0.29, 0.717) is 21.7 Å². The smallest absolute Gasteiger partial charge is 0.161 e. The summed E-state index contributed by atoms with van der Waals surface area (Å²) < 4.78 is 14.2. The van der Waals surface area contributed by atoms with E-state index >= 15 is 0 Å². The number of aromatic nitrogens is 2. The normalized spacial score (nSPS) is 13.9. The summed E-state index contributed by atoms with van der Waals surface area (Å²) in [5.74, 6) is 6.38. The quantitative estimate of drug-likeness (QED) is 0.652. The van der Waals surface area contributed by atoms with E-state index in [2.05, 4.69) is 31.3 Å². The van der Waals surface area contributed by atoms with Crippen molar-refractivity contribution < 1.29 is 4.39 Å². The van der Waals surface area contributed by atoms with Crippen LogP contribution in [0.5, 0.6) is 0 Å². The van der Waals surface area contributed by atoms with Gasteiger partial charge in [0.15, 0.2) is 5.82 Å². The van der Waals surface area contributed by atoms with Crippen molar-refractivity contribution in [3.63, 3.8) is 0 Å². The summed E-state index contributed by atoms with van der Waals surface area (Å²) in [7, 11) is 0. The second-order valence-electron chi connectivity index (χ2n) is 4.83. The highest BCUT2D eigenvalue weighted by Gasteiger charge is 2.18. The number of hydrogen-bond donors (Lipinski definition) is 2. The Labute approximate surface area is 124 Å². The molecule has 0 fully saturated rings. The molecule has 1 heterocycles. The number of hydrazine groups is 1. The second-order valence-corrected chi connectivity index (χ2v) is 5.75. The maximum Gasteiger partial charge on any atom is 0.161 e. The Balaban J connectivity index is 2.14. The molecule has 0 aliphatic heterocycles. The Kier molecular flexibility index (Phi) is 3.67. The van der Waals surface area contributed by atoms with E-state index < -0.39 is 0 Å². The Morgan fingerprint density at radius 2 is 1.95 bits per heavy atom. The second kappa shape index (κ2) is 5.46. The Morgan fingerprint density at radius 3 is 2.70 bits per heavy atom. The van der Waals surface area contributed by atoms with Gasteiger partial charge in [-0.1, -0.05) is 15.9 Å². The van der Waals surface area contributed by atoms with Crippen LogP contribution in [0.1, 0.15) is 24.1 Å². The van der Waals surface area contributed by atoms with Gasteiger partial charge >= 0.3 is 0 Å². The van der Waals surface area contributed by atoms with Crippen LogP contribution in [0.4, 0.5) is 10.2 Å². The first kappa shape index (κ1) is 13.5. The standard InChI is InChI=1S/C14H14BrFN4/c15-9-5-8(6-10(16)7-9)13-18-12-4-2-1-3-11(12)14(19-13)20-17/h5-7H,1-4,17H2,(H,18,19,20). The van der Waals surface area contributed by atoms with Crippen molar-refractivity contribution in [2.75, 3.05) is 5.43 Å². The fraction of sp³-hybridized carbons (Fsp3) is 0.286. The molecule has 6 heteroatoms. The number of hydrogen-bond acceptors (Lipinski definition) is 4. The summed E-state index contributed by atoms with van der Waals surface area (Å²) in [6, 6.07) is 4.63. The van der Waals surface area contributed by atoms with E-state index in [1.54, 1.807) is 6.07 Å². The van der Waals surface area contributed by atoms with Crippen molar-refractivity contribution in [1.82, 2.24) is 9.97 Å². The first-order valence-electron chi connectivity index (χ1n) is 6.50. The zero-order valence-corrected chi connectivity index (χ0v) is 12.4. The molecule has 2 aromatic rings. The van der Waals surface area contributed by atoms with Gasteiger partial charge in [-0.2, -0.15) is 0 Å². The minimum absolute atomic E-state index is 0.321. The van der Waals surface area contributed by atoms with Crippen molar-refractivity contribution >= 4 is 21.7 Å². The molecule has 0 saturated carbocycles. The van der Waals surface area contributed by atoms with Gasteiger partial charge in [0.05, 0.1) is 0 Å². The van der Waals surface area contributed by atoms with E-state index in [0.717, 1.165) is 36.9 Å². The van der Waals surface area contributed by atoms with Crippen molar-refractivity contribution in [2.24, 2.45) is 5.84 Å². The van der Waals surface area contributed by atoms with Crippen LogP contribution in [0.2, 0.25) is 0 Å². The maximum absolute atomic E-state index is 13.5. The van der Waals surface area contributed by atoms with Crippen molar-refractivity contribution in [3.8, 4) is 11.4 Å². The Bertz CT molecular complexity index is 622. The summed E-state index contributed by atoms with van der Waals surface area (Å²) in [4.78, 5) is 9.00. The predicted molar refractivity (Wildman–Crippen MR) is 79.6 cm³/mol. The van der Waals surface area contributed by atoms with Gasteiger partial charge < -0.3 is 5.43 Å².